The number of nitrogens with zero attached hydrogens (tertiary/aromatic N) is 6. The van der Waals surface area contributed by atoms with E-state index in [0.717, 1.165) is 13.1 Å². The fraction of sp³-hybridized carbons (Fsp3) is 1.00. The third-order valence-electron chi connectivity index (χ3n) is 4.01. The van der Waals surface area contributed by atoms with Gasteiger partial charge in [0, 0.05) is 81.5 Å². The predicted octanol–water partition coefficient (Wildman–Crippen LogP) is 4.68. The van der Waals surface area contributed by atoms with Crippen LogP contribution in [-0.2, 0) is 0 Å². The second kappa shape index (κ2) is 15.3. The Bertz CT molecular complexity index is 473. The van der Waals surface area contributed by atoms with Gasteiger partial charge in [-0.25, -0.2) is 0 Å². The van der Waals surface area contributed by atoms with E-state index in [4.69, 9.17) is 0 Å². The van der Waals surface area contributed by atoms with Gasteiger partial charge in [0.05, 0.1) is 6.54 Å². The molecule has 0 atom stereocenters. The Morgan fingerprint density at radius 2 is 0.788 bits per heavy atom. The molecule has 0 spiro atoms. The van der Waals surface area contributed by atoms with E-state index in [1.54, 1.807) is 0 Å². The SMILES string of the molecule is CCN[P+](N(C)C)(N(C)C)N(CC)[P+](N(C)C)(N(C)C)N(C)C.F[B-](F)(F)F.F[B-](F)(F)F. The molecule has 0 saturated carbocycles. The van der Waals surface area contributed by atoms with E-state index in [2.05, 4.69) is 117 Å². The maximum absolute atomic E-state index is 9.75. The molecule has 0 aromatic heterocycles. The molecule has 0 amide bonds. The molecule has 0 aliphatic rings. The van der Waals surface area contributed by atoms with E-state index in [1.807, 2.05) is 0 Å². The Labute approximate surface area is 195 Å². The molecular weight excluding hydrogens is 502 g/mol. The van der Waals surface area contributed by atoms with E-state index < -0.39 is 30.2 Å². The fourth-order valence-electron chi connectivity index (χ4n) is 3.59. The van der Waals surface area contributed by atoms with Crippen LogP contribution >= 0.6 is 15.7 Å². The van der Waals surface area contributed by atoms with Crippen molar-refractivity contribution in [1.29, 1.82) is 0 Å². The maximum atomic E-state index is 9.75. The van der Waals surface area contributed by atoms with Crippen LogP contribution in [0.25, 0.3) is 0 Å². The molecule has 0 rings (SSSR count). The third kappa shape index (κ3) is 12.6. The van der Waals surface area contributed by atoms with Crippen LogP contribution in [0.15, 0.2) is 0 Å². The second-order valence-corrected chi connectivity index (χ2v) is 15.3. The van der Waals surface area contributed by atoms with Gasteiger partial charge >= 0.3 is 30.2 Å². The van der Waals surface area contributed by atoms with Crippen molar-refractivity contribution in [3.63, 3.8) is 0 Å². The monoisotopic (exact) mass is 543 g/mol. The quantitative estimate of drug-likeness (QED) is 0.244. The van der Waals surface area contributed by atoms with Crippen molar-refractivity contribution in [3.8, 4) is 0 Å². The van der Waals surface area contributed by atoms with Gasteiger partial charge < -0.3 is 34.5 Å². The van der Waals surface area contributed by atoms with Crippen LogP contribution in [0, 0.1) is 0 Å². The zero-order chi connectivity index (χ0) is 27.6. The molecule has 0 aromatic rings. The maximum Gasteiger partial charge on any atom is 0.673 e. The first-order valence-electron chi connectivity index (χ1n) is 9.93. The molecule has 33 heavy (non-hydrogen) atoms. The van der Waals surface area contributed by atoms with E-state index in [1.165, 1.54) is 0 Å². The lowest BCUT2D eigenvalue weighted by Gasteiger charge is -2.49. The van der Waals surface area contributed by atoms with E-state index in [-0.39, 0.29) is 0 Å². The third-order valence-corrected chi connectivity index (χ3v) is 13.5. The average Bonchev–Trinajstić information content (AvgIpc) is 2.52. The van der Waals surface area contributed by atoms with Crippen molar-refractivity contribution in [1.82, 2.24) is 32.9 Å². The highest BCUT2D eigenvalue weighted by atomic mass is 31.3. The second-order valence-electron chi connectivity index (χ2n) is 7.53. The van der Waals surface area contributed by atoms with Crippen molar-refractivity contribution in [2.45, 2.75) is 13.8 Å². The van der Waals surface area contributed by atoms with E-state index >= 15 is 0 Å². The number of hydrogen-bond acceptors (Lipinski definition) is 7. The molecule has 7 nitrogen and oxygen atoms in total. The first-order valence-corrected chi connectivity index (χ1v) is 13.2. The molecule has 0 aromatic carbocycles. The van der Waals surface area contributed by atoms with Gasteiger partial charge in [0.2, 0.25) is 0 Å². The van der Waals surface area contributed by atoms with Gasteiger partial charge in [0.1, 0.15) is 0 Å². The van der Waals surface area contributed by atoms with Gasteiger partial charge in [-0.3, -0.25) is 0 Å². The van der Waals surface area contributed by atoms with Crippen LogP contribution in [-0.4, -0.2) is 126 Å². The highest BCUT2D eigenvalue weighted by molar-refractivity contribution is 7.81. The minimum atomic E-state index is -6.00. The average molecular weight is 543 g/mol. The summed E-state index contributed by atoms with van der Waals surface area (Å²) in [6.45, 7) is 6.37. The highest BCUT2D eigenvalue weighted by Crippen LogP contribution is 2.80. The van der Waals surface area contributed by atoms with Crippen LogP contribution in [0.1, 0.15) is 13.8 Å². The molecule has 0 aliphatic heterocycles. The number of nitrogens with one attached hydrogen (secondary N) is 1. The zero-order valence-electron chi connectivity index (χ0n) is 21.7. The van der Waals surface area contributed by atoms with Crippen molar-refractivity contribution in [3.05, 3.63) is 0 Å². The van der Waals surface area contributed by atoms with Crippen molar-refractivity contribution >= 4 is 30.2 Å². The largest absolute Gasteiger partial charge is 0.673 e. The Kier molecular flexibility index (Phi) is 17.5. The van der Waals surface area contributed by atoms with Gasteiger partial charge in [-0.05, 0) is 13.8 Å². The molecule has 0 bridgehead atoms. The van der Waals surface area contributed by atoms with Crippen LogP contribution in [0.4, 0.5) is 34.5 Å². The lowest BCUT2D eigenvalue weighted by Crippen LogP contribution is -2.53. The first kappa shape index (κ1) is 37.7. The highest BCUT2D eigenvalue weighted by Gasteiger charge is 2.69. The smallest absolute Gasteiger partial charge is 0.418 e. The first-order chi connectivity index (χ1) is 14.5. The lowest BCUT2D eigenvalue weighted by atomic mass is 10.3. The van der Waals surface area contributed by atoms with E-state index in [9.17, 15) is 34.5 Å². The van der Waals surface area contributed by atoms with Gasteiger partial charge in [-0.15, -0.1) is 28.4 Å². The summed E-state index contributed by atoms with van der Waals surface area (Å²) in [4.78, 5) is 0. The van der Waals surface area contributed by atoms with Crippen molar-refractivity contribution in [2.24, 2.45) is 0 Å². The number of halogens is 8. The molecule has 0 radical (unpaired) electrons. The minimum Gasteiger partial charge on any atom is -0.418 e. The Balaban J connectivity index is -0.000000746. The number of hydrogen-bond donors (Lipinski definition) is 1. The molecule has 19 heteroatoms. The van der Waals surface area contributed by atoms with Crippen LogP contribution in [0.5, 0.6) is 0 Å². The summed E-state index contributed by atoms with van der Waals surface area (Å²) in [7, 11) is 6.23. The van der Waals surface area contributed by atoms with E-state index in [0.29, 0.717) is 0 Å². The molecule has 0 saturated heterocycles. The van der Waals surface area contributed by atoms with Gasteiger partial charge in [0.15, 0.2) is 0 Å². The Morgan fingerprint density at radius 3 is 0.909 bits per heavy atom. The molecule has 1 N–H and O–H groups in total. The van der Waals surface area contributed by atoms with Crippen LogP contribution in [0.3, 0.4) is 0 Å². The summed E-state index contributed by atoms with van der Waals surface area (Å²) < 4.78 is 92.7. The van der Waals surface area contributed by atoms with Gasteiger partial charge in [-0.1, -0.05) is 0 Å². The molecule has 0 heterocycles. The molecule has 204 valence electrons. The number of rotatable bonds is 10. The van der Waals surface area contributed by atoms with Crippen LogP contribution in [0.2, 0.25) is 0 Å². The standard InChI is InChI=1S/C14H41N7P2.2BF4/c1-13-15-22(16(3)4,17(5)6)21(14-2)23(18(7)8,19(9)10)20(11)12;2*2-1(3,4)5/h15H,13-14H2,1-12H3;;/q+2;2*-1. The lowest BCUT2D eigenvalue weighted by molar-refractivity contribution is 0.366. The minimum absolute atomic E-state index is 0.939. The molecule has 0 fully saturated rings. The topological polar surface area (TPSA) is 31.5 Å². The summed E-state index contributed by atoms with van der Waals surface area (Å²) in [5.74, 6) is 0. The van der Waals surface area contributed by atoms with Crippen LogP contribution < -0.4 is 5.09 Å². The van der Waals surface area contributed by atoms with Gasteiger partial charge in [-0.2, -0.15) is 0 Å². The molecule has 0 aliphatic carbocycles. The predicted molar refractivity (Wildman–Crippen MR) is 129 cm³/mol. The summed E-state index contributed by atoms with van der Waals surface area (Å²) in [5.41, 5.74) is 0. The fourth-order valence-corrected chi connectivity index (χ4v) is 14.4. The summed E-state index contributed by atoms with van der Waals surface area (Å²) in [6, 6.07) is 0. The Hall–Kier alpha value is 0.150. The summed E-state index contributed by atoms with van der Waals surface area (Å²) in [6.07, 6.45) is 0. The summed E-state index contributed by atoms with van der Waals surface area (Å²) >= 11 is 0. The summed E-state index contributed by atoms with van der Waals surface area (Å²) in [5, 5.41) is 3.85. The van der Waals surface area contributed by atoms with Gasteiger partial charge in [0.25, 0.3) is 0 Å². The zero-order valence-corrected chi connectivity index (χ0v) is 23.5. The molecule has 0 unspecified atom stereocenters. The van der Waals surface area contributed by atoms with Crippen molar-refractivity contribution < 1.29 is 34.5 Å². The Morgan fingerprint density at radius 1 is 0.545 bits per heavy atom. The van der Waals surface area contributed by atoms with Crippen molar-refractivity contribution in [2.75, 3.05) is 83.6 Å². The molecular formula is C14H41B2F8N7P2. The normalized spacial score (nSPS) is 13.6.